The van der Waals surface area contributed by atoms with E-state index in [1.54, 1.807) is 0 Å². The molecule has 0 spiro atoms. The van der Waals surface area contributed by atoms with Crippen LogP contribution in [0.1, 0.15) is 0 Å². The van der Waals surface area contributed by atoms with Crippen molar-refractivity contribution in [1.82, 2.24) is 15.0 Å². The summed E-state index contributed by atoms with van der Waals surface area (Å²) in [5, 5.41) is 0. The van der Waals surface area contributed by atoms with E-state index < -0.39 is 0 Å². The second-order valence-electron chi connectivity index (χ2n) is 13.2. The molecule has 8 aromatic carbocycles. The largest absolute Gasteiger partial charge is 0.208 e. The van der Waals surface area contributed by atoms with Gasteiger partial charge in [-0.3, -0.25) is 0 Å². The van der Waals surface area contributed by atoms with Crippen molar-refractivity contribution >= 4 is 0 Å². The van der Waals surface area contributed by atoms with Gasteiger partial charge in [-0.2, -0.15) is 0 Å². The molecule has 3 nitrogen and oxygen atoms in total. The SMILES string of the molecule is c1ccc(-c2ccc(-c3nc(-c4cccc(-c5ccccc5)c4)nc(-c4ccccc4-c4cccc(-c5ccccc5)c4-c4ccccc4)n3)cc2)cc1. The lowest BCUT2D eigenvalue weighted by molar-refractivity contribution is 1.07. The number of benzene rings is 8. The highest BCUT2D eigenvalue weighted by Gasteiger charge is 2.20. The molecule has 9 aromatic rings. The molecular weight excluding hydrogens is 655 g/mol. The molecule has 0 saturated heterocycles. The van der Waals surface area contributed by atoms with Crippen LogP contribution in [-0.4, -0.2) is 15.0 Å². The van der Waals surface area contributed by atoms with Gasteiger partial charge in [0.25, 0.3) is 0 Å². The minimum atomic E-state index is 0.618. The Morgan fingerprint density at radius 2 is 0.593 bits per heavy atom. The monoisotopic (exact) mass is 689 g/mol. The Balaban J connectivity index is 1.24. The Morgan fingerprint density at radius 3 is 1.24 bits per heavy atom. The van der Waals surface area contributed by atoms with Crippen LogP contribution < -0.4 is 0 Å². The second-order valence-corrected chi connectivity index (χ2v) is 13.2. The van der Waals surface area contributed by atoms with Crippen LogP contribution in [0.3, 0.4) is 0 Å². The first kappa shape index (κ1) is 32.7. The average molecular weight is 690 g/mol. The summed E-state index contributed by atoms with van der Waals surface area (Å²) in [6, 6.07) is 74.0. The van der Waals surface area contributed by atoms with Crippen molar-refractivity contribution in [2.75, 3.05) is 0 Å². The summed E-state index contributed by atoms with van der Waals surface area (Å²) in [5.74, 6) is 1.86. The van der Waals surface area contributed by atoms with Gasteiger partial charge in [-0.05, 0) is 61.7 Å². The molecule has 54 heavy (non-hydrogen) atoms. The zero-order valence-corrected chi connectivity index (χ0v) is 29.5. The van der Waals surface area contributed by atoms with Gasteiger partial charge in [-0.1, -0.05) is 206 Å². The quantitative estimate of drug-likeness (QED) is 0.159. The van der Waals surface area contributed by atoms with Gasteiger partial charge in [0, 0.05) is 16.7 Å². The zero-order valence-electron chi connectivity index (χ0n) is 29.5. The molecule has 1 aromatic heterocycles. The van der Waals surface area contributed by atoms with Gasteiger partial charge in [0.2, 0.25) is 0 Å². The topological polar surface area (TPSA) is 38.7 Å². The Bertz CT molecular complexity index is 2670. The fourth-order valence-corrected chi connectivity index (χ4v) is 7.13. The van der Waals surface area contributed by atoms with Crippen LogP contribution in [-0.2, 0) is 0 Å². The summed E-state index contributed by atoms with van der Waals surface area (Å²) in [7, 11) is 0. The minimum absolute atomic E-state index is 0.618. The first-order valence-corrected chi connectivity index (χ1v) is 18.2. The Kier molecular flexibility index (Phi) is 8.94. The van der Waals surface area contributed by atoms with Gasteiger partial charge in [-0.25, -0.2) is 15.0 Å². The normalized spacial score (nSPS) is 11.0. The van der Waals surface area contributed by atoms with E-state index in [2.05, 4.69) is 200 Å². The Morgan fingerprint density at radius 1 is 0.204 bits per heavy atom. The summed E-state index contributed by atoms with van der Waals surface area (Å²) < 4.78 is 0. The molecule has 0 unspecified atom stereocenters. The number of nitrogens with zero attached hydrogens (tertiary/aromatic N) is 3. The Labute approximate surface area is 316 Å². The van der Waals surface area contributed by atoms with E-state index in [4.69, 9.17) is 15.0 Å². The van der Waals surface area contributed by atoms with Crippen LogP contribution >= 0.6 is 0 Å². The van der Waals surface area contributed by atoms with Crippen LogP contribution in [0, 0.1) is 0 Å². The van der Waals surface area contributed by atoms with Crippen LogP contribution in [0.15, 0.2) is 212 Å². The minimum Gasteiger partial charge on any atom is -0.208 e. The van der Waals surface area contributed by atoms with Crippen molar-refractivity contribution < 1.29 is 0 Å². The number of hydrogen-bond donors (Lipinski definition) is 0. The molecule has 3 heteroatoms. The highest BCUT2D eigenvalue weighted by atomic mass is 15.0. The molecule has 0 aliphatic heterocycles. The molecule has 0 amide bonds. The predicted octanol–water partition coefficient (Wildman–Crippen LogP) is 13.2. The van der Waals surface area contributed by atoms with Gasteiger partial charge in [0.1, 0.15) is 0 Å². The molecular formula is C51H35N3. The van der Waals surface area contributed by atoms with Gasteiger partial charge >= 0.3 is 0 Å². The van der Waals surface area contributed by atoms with Gasteiger partial charge < -0.3 is 0 Å². The molecule has 0 fully saturated rings. The summed E-state index contributed by atoms with van der Waals surface area (Å²) in [6.45, 7) is 0. The van der Waals surface area contributed by atoms with Gasteiger partial charge in [-0.15, -0.1) is 0 Å². The molecule has 0 radical (unpaired) electrons. The molecule has 0 N–H and O–H groups in total. The molecule has 9 rings (SSSR count). The fraction of sp³-hybridized carbons (Fsp3) is 0. The van der Waals surface area contributed by atoms with Crippen molar-refractivity contribution in [3.8, 4) is 89.8 Å². The fourth-order valence-electron chi connectivity index (χ4n) is 7.13. The van der Waals surface area contributed by atoms with E-state index in [0.717, 1.165) is 55.6 Å². The molecule has 0 aliphatic rings. The van der Waals surface area contributed by atoms with Crippen LogP contribution in [0.2, 0.25) is 0 Å². The van der Waals surface area contributed by atoms with E-state index in [0.29, 0.717) is 17.5 Å². The smallest absolute Gasteiger partial charge is 0.164 e. The van der Waals surface area contributed by atoms with Crippen LogP contribution in [0.4, 0.5) is 0 Å². The highest BCUT2D eigenvalue weighted by Crippen LogP contribution is 2.43. The number of rotatable bonds is 8. The number of aromatic nitrogens is 3. The summed E-state index contributed by atoms with van der Waals surface area (Å²) in [6.07, 6.45) is 0. The maximum absolute atomic E-state index is 5.25. The van der Waals surface area contributed by atoms with Gasteiger partial charge in [0.05, 0.1) is 0 Å². The lowest BCUT2D eigenvalue weighted by Gasteiger charge is -2.18. The first-order valence-electron chi connectivity index (χ1n) is 18.2. The molecule has 0 aliphatic carbocycles. The molecule has 0 atom stereocenters. The standard InChI is InChI=1S/C51H35N3/c1-5-17-36(18-6-1)38-31-33-41(34-32-38)49-52-50(43-26-15-25-42(35-43)37-19-7-2-8-20-37)54-51(53-49)47-28-14-13-27-45(47)46-30-16-29-44(39-21-9-3-10-22-39)48(46)40-23-11-4-12-24-40/h1-35H. The first-order chi connectivity index (χ1) is 26.8. The molecule has 0 bridgehead atoms. The highest BCUT2D eigenvalue weighted by molar-refractivity contribution is 5.98. The summed E-state index contributed by atoms with van der Waals surface area (Å²) in [5.41, 5.74) is 14.1. The van der Waals surface area contributed by atoms with Crippen molar-refractivity contribution in [2.24, 2.45) is 0 Å². The lowest BCUT2D eigenvalue weighted by Crippen LogP contribution is -2.01. The van der Waals surface area contributed by atoms with E-state index in [1.807, 2.05) is 12.1 Å². The average Bonchev–Trinajstić information content (AvgIpc) is 3.27. The van der Waals surface area contributed by atoms with E-state index in [1.165, 1.54) is 16.7 Å². The van der Waals surface area contributed by atoms with Crippen molar-refractivity contribution in [3.63, 3.8) is 0 Å². The predicted molar refractivity (Wildman–Crippen MR) is 223 cm³/mol. The van der Waals surface area contributed by atoms with E-state index in [-0.39, 0.29) is 0 Å². The van der Waals surface area contributed by atoms with Crippen molar-refractivity contribution in [2.45, 2.75) is 0 Å². The molecule has 254 valence electrons. The molecule has 0 saturated carbocycles. The zero-order chi connectivity index (χ0) is 36.1. The number of hydrogen-bond acceptors (Lipinski definition) is 3. The second kappa shape index (κ2) is 14.8. The van der Waals surface area contributed by atoms with Crippen molar-refractivity contribution in [1.29, 1.82) is 0 Å². The third-order valence-corrected chi connectivity index (χ3v) is 9.78. The van der Waals surface area contributed by atoms with Crippen LogP contribution in [0.25, 0.3) is 89.8 Å². The third kappa shape index (κ3) is 6.63. The summed E-state index contributed by atoms with van der Waals surface area (Å²) >= 11 is 0. The third-order valence-electron chi connectivity index (χ3n) is 9.78. The maximum atomic E-state index is 5.25. The van der Waals surface area contributed by atoms with Crippen molar-refractivity contribution in [3.05, 3.63) is 212 Å². The summed E-state index contributed by atoms with van der Waals surface area (Å²) in [4.78, 5) is 15.6. The van der Waals surface area contributed by atoms with Gasteiger partial charge in [0.15, 0.2) is 17.5 Å². The molecule has 1 heterocycles. The van der Waals surface area contributed by atoms with E-state index in [9.17, 15) is 0 Å². The Hall–Kier alpha value is -7.23. The van der Waals surface area contributed by atoms with E-state index >= 15 is 0 Å². The van der Waals surface area contributed by atoms with Crippen LogP contribution in [0.5, 0.6) is 0 Å². The lowest BCUT2D eigenvalue weighted by atomic mass is 9.86. The maximum Gasteiger partial charge on any atom is 0.164 e.